The Labute approximate surface area is 114 Å². The third-order valence-electron chi connectivity index (χ3n) is 3.00. The molecule has 0 atom stereocenters. The van der Waals surface area contributed by atoms with Gasteiger partial charge in [-0.1, -0.05) is 6.92 Å². The highest BCUT2D eigenvalue weighted by Crippen LogP contribution is 2.37. The highest BCUT2D eigenvalue weighted by molar-refractivity contribution is 7.15. The molecule has 0 radical (unpaired) electrons. The lowest BCUT2D eigenvalue weighted by Gasteiger charge is -2.22. The van der Waals surface area contributed by atoms with Crippen LogP contribution >= 0.6 is 11.3 Å². The number of hydrogen-bond acceptors (Lipinski definition) is 4. The van der Waals surface area contributed by atoms with Gasteiger partial charge in [-0.2, -0.15) is 13.2 Å². The van der Waals surface area contributed by atoms with Crippen molar-refractivity contribution >= 4 is 16.5 Å². The minimum absolute atomic E-state index is 0.0131. The predicted octanol–water partition coefficient (Wildman–Crippen LogP) is 3.09. The van der Waals surface area contributed by atoms with Gasteiger partial charge in [-0.3, -0.25) is 0 Å². The van der Waals surface area contributed by atoms with E-state index in [-0.39, 0.29) is 6.04 Å². The van der Waals surface area contributed by atoms with Crippen molar-refractivity contribution in [2.75, 3.05) is 18.0 Å². The number of anilines is 1. The Morgan fingerprint density at radius 3 is 2.63 bits per heavy atom. The first-order chi connectivity index (χ1) is 8.90. The fourth-order valence-corrected chi connectivity index (χ4v) is 2.97. The summed E-state index contributed by atoms with van der Waals surface area (Å²) in [4.78, 5) is 6.74. The minimum Gasteiger partial charge on any atom is -0.336 e. The monoisotopic (exact) mass is 293 g/mol. The van der Waals surface area contributed by atoms with Crippen molar-refractivity contribution in [2.45, 2.75) is 45.5 Å². The number of alkyl halides is 3. The molecule has 1 heterocycles. The van der Waals surface area contributed by atoms with E-state index in [0.717, 1.165) is 30.0 Å². The summed E-state index contributed by atoms with van der Waals surface area (Å²) >= 11 is 1.37. The summed E-state index contributed by atoms with van der Waals surface area (Å²) in [6.45, 7) is 4.46. The molecule has 1 aromatic heterocycles. The van der Waals surface area contributed by atoms with Crippen LogP contribution < -0.4 is 10.2 Å². The number of nitrogens with one attached hydrogen (secondary N) is 1. The maximum Gasteiger partial charge on any atom is 0.406 e. The first-order valence-electron chi connectivity index (χ1n) is 6.41. The molecule has 1 fully saturated rings. The Morgan fingerprint density at radius 2 is 2.11 bits per heavy atom. The number of hydrogen-bond donors (Lipinski definition) is 1. The van der Waals surface area contributed by atoms with Crippen molar-refractivity contribution in [3.8, 4) is 0 Å². The van der Waals surface area contributed by atoms with Crippen LogP contribution in [-0.2, 0) is 6.54 Å². The lowest BCUT2D eigenvalue weighted by molar-refractivity contribution is -0.120. The number of rotatable bonds is 6. The van der Waals surface area contributed by atoms with Gasteiger partial charge in [0, 0.05) is 17.5 Å². The Morgan fingerprint density at radius 1 is 1.42 bits per heavy atom. The number of aromatic nitrogens is 1. The molecule has 1 N–H and O–H groups in total. The molecule has 1 aliphatic carbocycles. The number of halogens is 3. The van der Waals surface area contributed by atoms with E-state index in [4.69, 9.17) is 0 Å². The molecule has 19 heavy (non-hydrogen) atoms. The predicted molar refractivity (Wildman–Crippen MR) is 70.7 cm³/mol. The summed E-state index contributed by atoms with van der Waals surface area (Å²) in [7, 11) is 0. The lowest BCUT2D eigenvalue weighted by Crippen LogP contribution is -2.35. The Hall–Kier alpha value is -0.820. The van der Waals surface area contributed by atoms with Gasteiger partial charge in [0.2, 0.25) is 0 Å². The zero-order valence-corrected chi connectivity index (χ0v) is 11.9. The maximum atomic E-state index is 12.6. The second kappa shape index (κ2) is 5.66. The third kappa shape index (κ3) is 4.07. The topological polar surface area (TPSA) is 28.2 Å². The Bertz CT molecular complexity index is 426. The van der Waals surface area contributed by atoms with Crippen LogP contribution in [0.15, 0.2) is 0 Å². The van der Waals surface area contributed by atoms with Crippen LogP contribution in [0.2, 0.25) is 0 Å². The number of aryl methyl sites for hydroxylation is 1. The molecule has 1 aromatic rings. The molecule has 0 unspecified atom stereocenters. The van der Waals surface area contributed by atoms with Gasteiger partial charge >= 0.3 is 6.18 Å². The van der Waals surface area contributed by atoms with Crippen LogP contribution in [0.3, 0.4) is 0 Å². The molecule has 0 spiro atoms. The summed E-state index contributed by atoms with van der Waals surface area (Å²) in [5.74, 6) is 0. The van der Waals surface area contributed by atoms with E-state index in [1.54, 1.807) is 0 Å². The molecule has 0 amide bonds. The second-order valence-corrected chi connectivity index (χ2v) is 5.82. The minimum atomic E-state index is -4.18. The van der Waals surface area contributed by atoms with Gasteiger partial charge in [0.15, 0.2) is 5.13 Å². The molecular formula is C12H18F3N3S. The van der Waals surface area contributed by atoms with E-state index in [1.165, 1.54) is 16.2 Å². The normalized spacial score (nSPS) is 15.8. The van der Waals surface area contributed by atoms with Crippen molar-refractivity contribution < 1.29 is 13.2 Å². The lowest BCUT2D eigenvalue weighted by atomic mass is 10.4. The highest BCUT2D eigenvalue weighted by atomic mass is 32.1. The van der Waals surface area contributed by atoms with E-state index in [1.807, 2.05) is 13.8 Å². The average molecular weight is 293 g/mol. The van der Waals surface area contributed by atoms with Crippen LogP contribution in [0.25, 0.3) is 0 Å². The van der Waals surface area contributed by atoms with Crippen LogP contribution in [0.5, 0.6) is 0 Å². The summed E-state index contributed by atoms with van der Waals surface area (Å²) in [6.07, 6.45) is -2.52. The number of nitrogens with zero attached hydrogens (tertiary/aromatic N) is 2. The summed E-state index contributed by atoms with van der Waals surface area (Å²) in [5.41, 5.74) is 0.828. The fourth-order valence-electron chi connectivity index (χ4n) is 1.87. The van der Waals surface area contributed by atoms with E-state index in [9.17, 15) is 13.2 Å². The van der Waals surface area contributed by atoms with Crippen LogP contribution in [-0.4, -0.2) is 30.3 Å². The first kappa shape index (κ1) is 14.6. The van der Waals surface area contributed by atoms with E-state index >= 15 is 0 Å². The third-order valence-corrected chi connectivity index (χ3v) is 4.19. The van der Waals surface area contributed by atoms with Gasteiger partial charge in [0.05, 0.1) is 5.69 Å². The first-order valence-corrected chi connectivity index (χ1v) is 7.22. The van der Waals surface area contributed by atoms with Crippen LogP contribution in [0.1, 0.15) is 30.3 Å². The second-order valence-electron chi connectivity index (χ2n) is 4.76. The van der Waals surface area contributed by atoms with Crippen LogP contribution in [0.4, 0.5) is 18.3 Å². The van der Waals surface area contributed by atoms with Crippen molar-refractivity contribution in [1.29, 1.82) is 0 Å². The van der Waals surface area contributed by atoms with Crippen LogP contribution in [0, 0.1) is 6.92 Å². The quantitative estimate of drug-likeness (QED) is 0.873. The summed E-state index contributed by atoms with van der Waals surface area (Å²) in [6, 6.07) is 0.0131. The SMILES string of the molecule is CCNCc1sc(N(CC(F)(F)F)C2CC2)nc1C. The van der Waals surface area contributed by atoms with Gasteiger partial charge in [-0.25, -0.2) is 4.98 Å². The summed E-state index contributed by atoms with van der Waals surface area (Å²) < 4.78 is 37.8. The molecule has 7 heteroatoms. The molecule has 0 aliphatic heterocycles. The zero-order valence-electron chi connectivity index (χ0n) is 11.0. The molecule has 0 saturated heterocycles. The largest absolute Gasteiger partial charge is 0.406 e. The van der Waals surface area contributed by atoms with E-state index < -0.39 is 12.7 Å². The molecule has 1 aliphatic rings. The fraction of sp³-hybridized carbons (Fsp3) is 0.750. The molecule has 1 saturated carbocycles. The Balaban J connectivity index is 2.13. The average Bonchev–Trinajstić information content (AvgIpc) is 3.07. The van der Waals surface area contributed by atoms with Gasteiger partial charge in [-0.15, -0.1) is 11.3 Å². The van der Waals surface area contributed by atoms with E-state index in [0.29, 0.717) is 11.7 Å². The number of thiazole rings is 1. The maximum absolute atomic E-state index is 12.6. The van der Waals surface area contributed by atoms with Crippen molar-refractivity contribution in [3.05, 3.63) is 10.6 Å². The highest BCUT2D eigenvalue weighted by Gasteiger charge is 2.39. The molecule has 0 bridgehead atoms. The smallest absolute Gasteiger partial charge is 0.336 e. The standard InChI is InChI=1S/C12H18F3N3S/c1-3-16-6-10-8(2)17-11(19-10)18(9-4-5-9)7-12(13,14)15/h9,16H,3-7H2,1-2H3. The van der Waals surface area contributed by atoms with Crippen molar-refractivity contribution in [1.82, 2.24) is 10.3 Å². The molecule has 3 nitrogen and oxygen atoms in total. The van der Waals surface area contributed by atoms with Crippen molar-refractivity contribution in [3.63, 3.8) is 0 Å². The molecule has 0 aromatic carbocycles. The molecule has 2 rings (SSSR count). The van der Waals surface area contributed by atoms with Gasteiger partial charge in [0.1, 0.15) is 6.54 Å². The summed E-state index contributed by atoms with van der Waals surface area (Å²) in [5, 5.41) is 3.69. The molecule has 108 valence electrons. The van der Waals surface area contributed by atoms with Gasteiger partial charge in [-0.05, 0) is 26.3 Å². The Kier molecular flexibility index (Phi) is 4.35. The van der Waals surface area contributed by atoms with Crippen molar-refractivity contribution in [2.24, 2.45) is 0 Å². The van der Waals surface area contributed by atoms with E-state index in [2.05, 4.69) is 10.3 Å². The zero-order chi connectivity index (χ0) is 14.0. The van der Waals surface area contributed by atoms with Gasteiger partial charge < -0.3 is 10.2 Å². The molecular weight excluding hydrogens is 275 g/mol. The van der Waals surface area contributed by atoms with Gasteiger partial charge in [0.25, 0.3) is 0 Å².